The number of sulfonamides is 1. The van der Waals surface area contributed by atoms with Gasteiger partial charge in [0.25, 0.3) is 0 Å². The number of nitrogens with zero attached hydrogens (tertiary/aromatic N) is 2. The molecule has 7 nitrogen and oxygen atoms in total. The van der Waals surface area contributed by atoms with Crippen LogP contribution in [0.2, 0.25) is 5.02 Å². The Hall–Kier alpha value is -2.58. The summed E-state index contributed by atoms with van der Waals surface area (Å²) in [5.41, 5.74) is 2.90. The summed E-state index contributed by atoms with van der Waals surface area (Å²) in [5.74, 6) is -0.686. The third-order valence-corrected chi connectivity index (χ3v) is 7.94. The Bertz CT molecular complexity index is 1180. The van der Waals surface area contributed by atoms with Crippen LogP contribution >= 0.6 is 11.6 Å². The Kier molecular flexibility index (Phi) is 8.83. The van der Waals surface area contributed by atoms with Gasteiger partial charge in [0.05, 0.1) is 11.9 Å². The molecule has 0 saturated heterocycles. The lowest BCUT2D eigenvalue weighted by Gasteiger charge is -2.32. The van der Waals surface area contributed by atoms with Gasteiger partial charge in [0.15, 0.2) is 0 Å². The maximum Gasteiger partial charge on any atom is 0.244 e. The third-order valence-electron chi connectivity index (χ3n) is 6.58. The molecule has 1 saturated carbocycles. The highest BCUT2D eigenvalue weighted by atomic mass is 35.5. The molecule has 1 N–H and O–H groups in total. The fraction of sp³-hybridized carbons (Fsp3) is 0.462. The average Bonchev–Trinajstić information content (AvgIpc) is 3.29. The highest BCUT2D eigenvalue weighted by molar-refractivity contribution is 7.92. The number of halogens is 1. The third kappa shape index (κ3) is 6.98. The van der Waals surface area contributed by atoms with Crippen molar-refractivity contribution in [1.82, 2.24) is 10.2 Å². The lowest BCUT2D eigenvalue weighted by Crippen LogP contribution is -2.52. The predicted octanol–water partition coefficient (Wildman–Crippen LogP) is 4.20. The molecule has 35 heavy (non-hydrogen) atoms. The highest BCUT2D eigenvalue weighted by Crippen LogP contribution is 2.26. The van der Waals surface area contributed by atoms with E-state index in [-0.39, 0.29) is 18.5 Å². The van der Waals surface area contributed by atoms with Gasteiger partial charge in [0.1, 0.15) is 12.6 Å². The van der Waals surface area contributed by atoms with E-state index in [2.05, 4.69) is 5.32 Å². The first-order chi connectivity index (χ1) is 16.5. The Balaban J connectivity index is 1.91. The Labute approximate surface area is 213 Å². The minimum atomic E-state index is -3.79. The van der Waals surface area contributed by atoms with Gasteiger partial charge in [-0.3, -0.25) is 13.9 Å². The maximum atomic E-state index is 13.7. The van der Waals surface area contributed by atoms with Crippen LogP contribution in [-0.4, -0.2) is 50.0 Å². The SMILES string of the molecule is Cc1ccccc1CN(C(=O)CN(c1ccc(Cl)cc1C)S(C)(=O)=O)[C@H](C)C(=O)NC1CCCC1. The van der Waals surface area contributed by atoms with Crippen LogP contribution in [-0.2, 0) is 26.2 Å². The molecular formula is C26H34ClN3O4S. The molecule has 0 radical (unpaired) electrons. The molecule has 1 fully saturated rings. The number of benzene rings is 2. The summed E-state index contributed by atoms with van der Waals surface area (Å²) in [6.45, 7) is 5.16. The van der Waals surface area contributed by atoms with Crippen molar-refractivity contribution >= 4 is 39.1 Å². The van der Waals surface area contributed by atoms with Crippen molar-refractivity contribution in [3.05, 3.63) is 64.2 Å². The van der Waals surface area contributed by atoms with E-state index in [1.54, 1.807) is 32.0 Å². The monoisotopic (exact) mass is 519 g/mol. The smallest absolute Gasteiger partial charge is 0.244 e. The number of nitrogens with one attached hydrogen (secondary N) is 1. The zero-order chi connectivity index (χ0) is 25.8. The number of carbonyl (C=O) groups is 2. The van der Waals surface area contributed by atoms with Crippen molar-refractivity contribution < 1.29 is 18.0 Å². The van der Waals surface area contributed by atoms with Crippen LogP contribution in [0.1, 0.15) is 49.3 Å². The molecule has 0 aliphatic heterocycles. The van der Waals surface area contributed by atoms with Gasteiger partial charge in [-0.05, 0) is 68.5 Å². The van der Waals surface area contributed by atoms with Gasteiger partial charge >= 0.3 is 0 Å². The molecule has 1 aliphatic rings. The minimum Gasteiger partial charge on any atom is -0.352 e. The van der Waals surface area contributed by atoms with Gasteiger partial charge in [-0.1, -0.05) is 48.7 Å². The van der Waals surface area contributed by atoms with E-state index < -0.39 is 28.5 Å². The Morgan fingerprint density at radius 1 is 1.09 bits per heavy atom. The number of anilines is 1. The molecular weight excluding hydrogens is 486 g/mol. The van der Waals surface area contributed by atoms with Crippen LogP contribution < -0.4 is 9.62 Å². The van der Waals surface area contributed by atoms with Gasteiger partial charge in [-0.2, -0.15) is 0 Å². The molecule has 0 aromatic heterocycles. The maximum absolute atomic E-state index is 13.7. The van der Waals surface area contributed by atoms with Crippen molar-refractivity contribution in [3.63, 3.8) is 0 Å². The van der Waals surface area contributed by atoms with Crippen LogP contribution in [0.3, 0.4) is 0 Å². The molecule has 1 aliphatic carbocycles. The zero-order valence-electron chi connectivity index (χ0n) is 20.8. The average molecular weight is 520 g/mol. The molecule has 2 aromatic carbocycles. The van der Waals surface area contributed by atoms with Crippen LogP contribution in [0, 0.1) is 13.8 Å². The number of hydrogen-bond donors (Lipinski definition) is 1. The van der Waals surface area contributed by atoms with E-state index in [4.69, 9.17) is 11.6 Å². The first-order valence-corrected chi connectivity index (χ1v) is 14.1. The molecule has 0 heterocycles. The summed E-state index contributed by atoms with van der Waals surface area (Å²) in [6, 6.07) is 11.8. The normalized spacial score (nSPS) is 15.0. The fourth-order valence-electron chi connectivity index (χ4n) is 4.44. The zero-order valence-corrected chi connectivity index (χ0v) is 22.3. The number of aryl methyl sites for hydroxylation is 2. The lowest BCUT2D eigenvalue weighted by atomic mass is 10.1. The summed E-state index contributed by atoms with van der Waals surface area (Å²) in [6.07, 6.45) is 5.09. The van der Waals surface area contributed by atoms with E-state index in [0.717, 1.165) is 47.4 Å². The summed E-state index contributed by atoms with van der Waals surface area (Å²) >= 11 is 6.06. The Morgan fingerprint density at radius 3 is 2.34 bits per heavy atom. The summed E-state index contributed by atoms with van der Waals surface area (Å²) in [7, 11) is -3.79. The second-order valence-corrected chi connectivity index (χ2v) is 11.7. The topological polar surface area (TPSA) is 86.8 Å². The van der Waals surface area contributed by atoms with Crippen LogP contribution in [0.4, 0.5) is 5.69 Å². The van der Waals surface area contributed by atoms with Crippen LogP contribution in [0.5, 0.6) is 0 Å². The largest absolute Gasteiger partial charge is 0.352 e. The molecule has 2 aromatic rings. The van der Waals surface area contributed by atoms with E-state index >= 15 is 0 Å². The first kappa shape index (κ1) is 27.0. The number of rotatable bonds is 9. The van der Waals surface area contributed by atoms with E-state index in [1.165, 1.54) is 4.90 Å². The molecule has 0 spiro atoms. The molecule has 3 rings (SSSR count). The van der Waals surface area contributed by atoms with E-state index in [1.807, 2.05) is 31.2 Å². The first-order valence-electron chi connectivity index (χ1n) is 11.9. The van der Waals surface area contributed by atoms with Crippen molar-refractivity contribution in [3.8, 4) is 0 Å². The van der Waals surface area contributed by atoms with Crippen molar-refractivity contribution in [1.29, 1.82) is 0 Å². The molecule has 0 unspecified atom stereocenters. The van der Waals surface area contributed by atoms with Gasteiger partial charge in [-0.25, -0.2) is 8.42 Å². The van der Waals surface area contributed by atoms with E-state index in [0.29, 0.717) is 16.3 Å². The summed E-state index contributed by atoms with van der Waals surface area (Å²) in [4.78, 5) is 28.2. The lowest BCUT2D eigenvalue weighted by molar-refractivity contribution is -0.139. The van der Waals surface area contributed by atoms with Gasteiger partial charge in [0, 0.05) is 17.6 Å². The van der Waals surface area contributed by atoms with Crippen molar-refractivity contribution in [2.24, 2.45) is 0 Å². The number of hydrogen-bond acceptors (Lipinski definition) is 4. The fourth-order valence-corrected chi connectivity index (χ4v) is 5.57. The minimum absolute atomic E-state index is 0.115. The predicted molar refractivity (Wildman–Crippen MR) is 140 cm³/mol. The standard InChI is InChI=1S/C26H34ClN3O4S/c1-18-9-5-6-10-21(18)16-29(20(3)26(32)28-23-11-7-8-12-23)25(31)17-30(35(4,33)34)24-14-13-22(27)15-19(24)2/h5-6,9-10,13-15,20,23H,7-8,11-12,16-17H2,1-4H3,(H,28,32)/t20-/m1/s1. The second-order valence-electron chi connectivity index (χ2n) is 9.31. The van der Waals surface area contributed by atoms with Crippen molar-refractivity contribution in [2.45, 2.75) is 65.1 Å². The molecule has 2 amide bonds. The molecule has 0 bridgehead atoms. The van der Waals surface area contributed by atoms with Gasteiger partial charge < -0.3 is 10.2 Å². The van der Waals surface area contributed by atoms with Crippen molar-refractivity contribution in [2.75, 3.05) is 17.1 Å². The second kappa shape index (κ2) is 11.4. The van der Waals surface area contributed by atoms with Gasteiger partial charge in [0.2, 0.25) is 21.8 Å². The van der Waals surface area contributed by atoms with E-state index in [9.17, 15) is 18.0 Å². The number of amides is 2. The molecule has 9 heteroatoms. The molecule has 1 atom stereocenters. The summed E-state index contributed by atoms with van der Waals surface area (Å²) in [5, 5.41) is 3.54. The Morgan fingerprint density at radius 2 is 1.74 bits per heavy atom. The molecule has 190 valence electrons. The quantitative estimate of drug-likeness (QED) is 0.538. The van der Waals surface area contributed by atoms with Crippen LogP contribution in [0.25, 0.3) is 0 Å². The summed E-state index contributed by atoms with van der Waals surface area (Å²) < 4.78 is 26.5. The highest BCUT2D eigenvalue weighted by Gasteiger charge is 2.32. The number of carbonyl (C=O) groups excluding carboxylic acids is 2. The van der Waals surface area contributed by atoms with Gasteiger partial charge in [-0.15, -0.1) is 0 Å². The van der Waals surface area contributed by atoms with Crippen LogP contribution in [0.15, 0.2) is 42.5 Å².